The summed E-state index contributed by atoms with van der Waals surface area (Å²) >= 11 is 0. The van der Waals surface area contributed by atoms with Crippen molar-refractivity contribution in [3.05, 3.63) is 72.4 Å². The van der Waals surface area contributed by atoms with E-state index in [0.29, 0.717) is 11.6 Å². The Bertz CT molecular complexity index is 850. The van der Waals surface area contributed by atoms with Crippen LogP contribution in [0, 0.1) is 0 Å². The van der Waals surface area contributed by atoms with Crippen molar-refractivity contribution >= 4 is 11.8 Å². The third kappa shape index (κ3) is 4.07. The average Bonchev–Trinajstić information content (AvgIpc) is 3.00. The monoisotopic (exact) mass is 335 g/mol. The predicted molar refractivity (Wildman–Crippen MR) is 98.4 cm³/mol. The molecular formula is C20H21N3O2. The summed E-state index contributed by atoms with van der Waals surface area (Å²) in [6.07, 6.45) is -0.552. The molecule has 5 nitrogen and oxygen atoms in total. The summed E-state index contributed by atoms with van der Waals surface area (Å²) in [6.45, 7) is 6.20. The average molecular weight is 335 g/mol. The SMILES string of the molecule is CC(C)(C)c1cc(OC(=O)Nc2ccccc2)n(-c2ccccc2)n1. The number of carbonyl (C=O) groups excluding carboxylic acids is 1. The Kier molecular flexibility index (Phi) is 4.57. The smallest absolute Gasteiger partial charge is 0.391 e. The van der Waals surface area contributed by atoms with Crippen molar-refractivity contribution in [3.63, 3.8) is 0 Å². The van der Waals surface area contributed by atoms with Gasteiger partial charge in [-0.25, -0.2) is 9.48 Å². The molecule has 0 saturated heterocycles. The second-order valence-electron chi connectivity index (χ2n) is 6.75. The van der Waals surface area contributed by atoms with Gasteiger partial charge in [-0.05, 0) is 24.3 Å². The summed E-state index contributed by atoms with van der Waals surface area (Å²) in [4.78, 5) is 12.2. The van der Waals surface area contributed by atoms with Gasteiger partial charge in [-0.2, -0.15) is 5.10 Å². The summed E-state index contributed by atoms with van der Waals surface area (Å²) in [5, 5.41) is 7.34. The van der Waals surface area contributed by atoms with Gasteiger partial charge >= 0.3 is 6.09 Å². The molecule has 1 amide bonds. The van der Waals surface area contributed by atoms with Gasteiger partial charge in [0.05, 0.1) is 11.4 Å². The lowest BCUT2D eigenvalue weighted by molar-refractivity contribution is 0.212. The molecule has 25 heavy (non-hydrogen) atoms. The highest BCUT2D eigenvalue weighted by atomic mass is 16.6. The van der Waals surface area contributed by atoms with Gasteiger partial charge in [-0.15, -0.1) is 0 Å². The first-order valence-electron chi connectivity index (χ1n) is 8.13. The van der Waals surface area contributed by atoms with Crippen LogP contribution in [-0.2, 0) is 5.41 Å². The van der Waals surface area contributed by atoms with E-state index < -0.39 is 6.09 Å². The first-order chi connectivity index (χ1) is 11.9. The summed E-state index contributed by atoms with van der Waals surface area (Å²) in [6, 6.07) is 20.6. The largest absolute Gasteiger partial charge is 0.418 e. The molecule has 0 radical (unpaired) electrons. The molecule has 2 aromatic carbocycles. The lowest BCUT2D eigenvalue weighted by Gasteiger charge is -2.13. The van der Waals surface area contributed by atoms with Crippen LogP contribution in [0.25, 0.3) is 5.69 Å². The van der Waals surface area contributed by atoms with Gasteiger partial charge in [0.1, 0.15) is 0 Å². The molecule has 0 fully saturated rings. The highest BCUT2D eigenvalue weighted by Crippen LogP contribution is 2.27. The van der Waals surface area contributed by atoms with Gasteiger partial charge in [0.25, 0.3) is 0 Å². The van der Waals surface area contributed by atoms with Crippen LogP contribution in [0.1, 0.15) is 26.5 Å². The second kappa shape index (κ2) is 6.81. The lowest BCUT2D eigenvalue weighted by atomic mass is 9.93. The van der Waals surface area contributed by atoms with Crippen LogP contribution in [-0.4, -0.2) is 15.9 Å². The van der Waals surface area contributed by atoms with E-state index in [1.807, 2.05) is 48.5 Å². The van der Waals surface area contributed by atoms with Gasteiger partial charge in [0, 0.05) is 17.2 Å². The number of aromatic nitrogens is 2. The van der Waals surface area contributed by atoms with Crippen LogP contribution in [0.5, 0.6) is 5.88 Å². The molecule has 0 aliphatic carbocycles. The fourth-order valence-electron chi connectivity index (χ4n) is 2.32. The maximum Gasteiger partial charge on any atom is 0.418 e. The standard InChI is InChI=1S/C20H21N3O2/c1-20(2,3)17-14-18(23(22-17)16-12-8-5-9-13-16)25-19(24)21-15-10-6-4-7-11-15/h4-14H,1-3H3,(H,21,24). The highest BCUT2D eigenvalue weighted by molar-refractivity contribution is 5.86. The fourth-order valence-corrected chi connectivity index (χ4v) is 2.32. The van der Waals surface area contributed by atoms with Crippen LogP contribution in [0.2, 0.25) is 0 Å². The topological polar surface area (TPSA) is 56.1 Å². The van der Waals surface area contributed by atoms with Crippen molar-refractivity contribution in [2.75, 3.05) is 5.32 Å². The van der Waals surface area contributed by atoms with Crippen molar-refractivity contribution in [1.29, 1.82) is 0 Å². The van der Waals surface area contributed by atoms with E-state index in [2.05, 4.69) is 31.2 Å². The molecule has 0 bridgehead atoms. The zero-order chi connectivity index (χ0) is 17.9. The predicted octanol–water partition coefficient (Wildman–Crippen LogP) is 4.78. The van der Waals surface area contributed by atoms with Crippen LogP contribution in [0.15, 0.2) is 66.7 Å². The molecule has 0 saturated carbocycles. The molecule has 3 aromatic rings. The summed E-state index contributed by atoms with van der Waals surface area (Å²) in [5.74, 6) is 0.379. The zero-order valence-corrected chi connectivity index (χ0v) is 14.6. The normalized spacial score (nSPS) is 11.2. The van der Waals surface area contributed by atoms with Gasteiger partial charge in [-0.3, -0.25) is 5.32 Å². The van der Waals surface area contributed by atoms with Gasteiger partial charge in [0.15, 0.2) is 0 Å². The Hall–Kier alpha value is -3.08. The summed E-state index contributed by atoms with van der Waals surface area (Å²) < 4.78 is 7.17. The van der Waals surface area contributed by atoms with E-state index >= 15 is 0 Å². The van der Waals surface area contributed by atoms with Crippen LogP contribution >= 0.6 is 0 Å². The number of nitrogens with zero attached hydrogens (tertiary/aromatic N) is 2. The Morgan fingerprint density at radius 2 is 1.60 bits per heavy atom. The molecule has 0 aliphatic rings. The van der Waals surface area contributed by atoms with Crippen LogP contribution in [0.4, 0.5) is 10.5 Å². The number of anilines is 1. The van der Waals surface area contributed by atoms with Crippen LogP contribution in [0.3, 0.4) is 0 Å². The van der Waals surface area contributed by atoms with Crippen molar-refractivity contribution in [2.24, 2.45) is 0 Å². The second-order valence-corrected chi connectivity index (χ2v) is 6.75. The molecule has 5 heteroatoms. The minimum Gasteiger partial charge on any atom is -0.391 e. The first-order valence-corrected chi connectivity index (χ1v) is 8.13. The molecule has 1 N–H and O–H groups in total. The number of nitrogens with one attached hydrogen (secondary N) is 1. The minimum atomic E-state index is -0.552. The minimum absolute atomic E-state index is 0.159. The Labute approximate surface area is 147 Å². The number of hydrogen-bond donors (Lipinski definition) is 1. The van der Waals surface area contributed by atoms with E-state index in [4.69, 9.17) is 4.74 Å². The molecule has 0 aliphatic heterocycles. The van der Waals surface area contributed by atoms with Crippen molar-refractivity contribution < 1.29 is 9.53 Å². The zero-order valence-electron chi connectivity index (χ0n) is 14.6. The maximum atomic E-state index is 12.2. The Morgan fingerprint density at radius 3 is 2.20 bits per heavy atom. The number of rotatable bonds is 3. The van der Waals surface area contributed by atoms with E-state index in [1.165, 1.54) is 0 Å². The summed E-state index contributed by atoms with van der Waals surface area (Å²) in [5.41, 5.74) is 2.20. The Balaban J connectivity index is 1.89. The maximum absolute atomic E-state index is 12.2. The third-order valence-electron chi connectivity index (χ3n) is 3.66. The number of carbonyl (C=O) groups is 1. The van der Waals surface area contributed by atoms with E-state index in [0.717, 1.165) is 11.4 Å². The van der Waals surface area contributed by atoms with Gasteiger partial charge in [-0.1, -0.05) is 57.2 Å². The number of hydrogen-bond acceptors (Lipinski definition) is 3. The Morgan fingerprint density at radius 1 is 1.00 bits per heavy atom. The number of ether oxygens (including phenoxy) is 1. The number of amides is 1. The number of benzene rings is 2. The van der Waals surface area contributed by atoms with Crippen molar-refractivity contribution in [3.8, 4) is 11.6 Å². The van der Waals surface area contributed by atoms with Gasteiger partial charge < -0.3 is 4.74 Å². The van der Waals surface area contributed by atoms with Crippen molar-refractivity contribution in [2.45, 2.75) is 26.2 Å². The molecule has 1 aromatic heterocycles. The summed E-state index contributed by atoms with van der Waals surface area (Å²) in [7, 11) is 0. The quantitative estimate of drug-likeness (QED) is 0.749. The van der Waals surface area contributed by atoms with Gasteiger partial charge in [0.2, 0.25) is 5.88 Å². The van der Waals surface area contributed by atoms with Crippen LogP contribution < -0.4 is 10.1 Å². The third-order valence-corrected chi connectivity index (χ3v) is 3.66. The molecule has 128 valence electrons. The molecular weight excluding hydrogens is 314 g/mol. The fraction of sp³-hybridized carbons (Fsp3) is 0.200. The van der Waals surface area contributed by atoms with E-state index in [-0.39, 0.29) is 5.41 Å². The molecule has 3 rings (SSSR count). The van der Waals surface area contributed by atoms with Crippen molar-refractivity contribution in [1.82, 2.24) is 9.78 Å². The van der Waals surface area contributed by atoms with E-state index in [9.17, 15) is 4.79 Å². The number of para-hydroxylation sites is 2. The molecule has 1 heterocycles. The molecule has 0 unspecified atom stereocenters. The molecule has 0 spiro atoms. The van der Waals surface area contributed by atoms with E-state index in [1.54, 1.807) is 22.9 Å². The highest BCUT2D eigenvalue weighted by Gasteiger charge is 2.22. The first kappa shape index (κ1) is 16.8. The molecule has 0 atom stereocenters. The lowest BCUT2D eigenvalue weighted by Crippen LogP contribution is -2.18.